The molecule has 1 N–H and O–H groups in total. The number of hydrogen-bond donors (Lipinski definition) is 1. The molecule has 1 aliphatic rings. The number of carbonyl (C=O) groups excluding carboxylic acids is 1. The van der Waals surface area contributed by atoms with Crippen LogP contribution in [-0.2, 0) is 0 Å². The standard InChI is InChI=1S/C22H26N4O6/c1-28-17-12-16(13-18(14-17)29-2)26-9-7-25(8-10-26)6-5-23-22(27)31-21-15-20(32-24-21)19-4-3-11-30-19/h3-4,11-15H,5-10H2,1-2H3,(H,23,27). The van der Waals surface area contributed by atoms with E-state index < -0.39 is 6.09 Å². The predicted molar refractivity (Wildman–Crippen MR) is 116 cm³/mol. The SMILES string of the molecule is COc1cc(OC)cc(N2CCN(CCNC(=O)Oc3cc(-c4ccco4)on3)CC2)c1. The van der Waals surface area contributed by atoms with Crippen LogP contribution in [0, 0.1) is 0 Å². The summed E-state index contributed by atoms with van der Waals surface area (Å²) in [6.45, 7) is 4.69. The maximum absolute atomic E-state index is 12.0. The van der Waals surface area contributed by atoms with Crippen molar-refractivity contribution in [1.29, 1.82) is 0 Å². The van der Waals surface area contributed by atoms with Crippen LogP contribution in [0.2, 0.25) is 0 Å². The first kappa shape index (κ1) is 21.6. The van der Waals surface area contributed by atoms with Gasteiger partial charge in [0.05, 0.1) is 26.5 Å². The van der Waals surface area contributed by atoms with Crippen molar-refractivity contribution in [3.63, 3.8) is 0 Å². The van der Waals surface area contributed by atoms with Gasteiger partial charge in [-0.3, -0.25) is 4.90 Å². The Kier molecular flexibility index (Phi) is 6.81. The normalized spacial score (nSPS) is 14.2. The van der Waals surface area contributed by atoms with Gasteiger partial charge < -0.3 is 33.4 Å². The van der Waals surface area contributed by atoms with Gasteiger partial charge in [0.15, 0.2) is 5.76 Å². The van der Waals surface area contributed by atoms with E-state index in [2.05, 4.69) is 20.3 Å². The summed E-state index contributed by atoms with van der Waals surface area (Å²) in [6, 6.07) is 10.9. The highest BCUT2D eigenvalue weighted by Crippen LogP contribution is 2.29. The van der Waals surface area contributed by atoms with Crippen molar-refractivity contribution in [1.82, 2.24) is 15.4 Å². The zero-order chi connectivity index (χ0) is 22.3. The van der Waals surface area contributed by atoms with E-state index in [0.717, 1.165) is 49.9 Å². The van der Waals surface area contributed by atoms with Crippen molar-refractivity contribution < 1.29 is 27.9 Å². The molecule has 1 aromatic carbocycles. The van der Waals surface area contributed by atoms with Crippen molar-refractivity contribution in [2.24, 2.45) is 0 Å². The third-order valence-electron chi connectivity index (χ3n) is 5.22. The second-order valence-electron chi connectivity index (χ2n) is 7.22. The average Bonchev–Trinajstić information content (AvgIpc) is 3.51. The molecule has 1 amide bonds. The Labute approximate surface area is 185 Å². The third kappa shape index (κ3) is 5.33. The predicted octanol–water partition coefficient (Wildman–Crippen LogP) is 2.86. The number of aromatic nitrogens is 1. The number of nitrogens with one attached hydrogen (secondary N) is 1. The van der Waals surface area contributed by atoms with Gasteiger partial charge in [0.25, 0.3) is 5.88 Å². The minimum atomic E-state index is -0.577. The number of carbonyl (C=O) groups is 1. The van der Waals surface area contributed by atoms with E-state index in [9.17, 15) is 4.79 Å². The molecule has 0 radical (unpaired) electrons. The highest BCUT2D eigenvalue weighted by molar-refractivity contribution is 5.70. The van der Waals surface area contributed by atoms with Crippen molar-refractivity contribution in [2.45, 2.75) is 0 Å². The molecule has 2 aromatic heterocycles. The van der Waals surface area contributed by atoms with Crippen LogP contribution in [0.5, 0.6) is 17.4 Å². The molecule has 3 aromatic rings. The molecule has 0 aliphatic carbocycles. The van der Waals surface area contributed by atoms with Crippen LogP contribution in [-0.4, -0.2) is 69.6 Å². The summed E-state index contributed by atoms with van der Waals surface area (Å²) in [5.41, 5.74) is 1.07. The first-order valence-electron chi connectivity index (χ1n) is 10.3. The molecule has 3 heterocycles. The summed E-state index contributed by atoms with van der Waals surface area (Å²) in [4.78, 5) is 16.6. The topological polar surface area (TPSA) is 102 Å². The Bertz CT molecular complexity index is 989. The maximum atomic E-state index is 12.0. The molecule has 170 valence electrons. The second-order valence-corrected chi connectivity index (χ2v) is 7.22. The molecule has 4 rings (SSSR count). The zero-order valence-electron chi connectivity index (χ0n) is 18.1. The Balaban J connectivity index is 1.19. The van der Waals surface area contributed by atoms with Crippen LogP contribution in [0.1, 0.15) is 0 Å². The number of ether oxygens (including phenoxy) is 3. The summed E-state index contributed by atoms with van der Waals surface area (Å²) in [5.74, 6) is 2.53. The van der Waals surface area contributed by atoms with Crippen LogP contribution in [0.25, 0.3) is 11.5 Å². The lowest BCUT2D eigenvalue weighted by molar-refractivity contribution is 0.191. The first-order chi connectivity index (χ1) is 15.6. The molecule has 0 saturated carbocycles. The van der Waals surface area contributed by atoms with Gasteiger partial charge in [-0.15, -0.1) is 0 Å². The molecule has 1 fully saturated rings. The van der Waals surface area contributed by atoms with E-state index in [-0.39, 0.29) is 5.88 Å². The van der Waals surface area contributed by atoms with Crippen LogP contribution in [0.4, 0.5) is 10.5 Å². The van der Waals surface area contributed by atoms with Gasteiger partial charge in [-0.05, 0) is 17.3 Å². The van der Waals surface area contributed by atoms with E-state index in [1.165, 1.54) is 12.3 Å². The molecule has 0 spiro atoms. The number of benzene rings is 1. The minimum absolute atomic E-state index is 0.0798. The molecular weight excluding hydrogens is 416 g/mol. The van der Waals surface area contributed by atoms with Gasteiger partial charge in [-0.1, -0.05) is 0 Å². The van der Waals surface area contributed by atoms with Gasteiger partial charge >= 0.3 is 6.09 Å². The van der Waals surface area contributed by atoms with E-state index in [0.29, 0.717) is 18.1 Å². The van der Waals surface area contributed by atoms with Crippen molar-refractivity contribution in [2.75, 3.05) is 58.4 Å². The number of furan rings is 1. The zero-order valence-corrected chi connectivity index (χ0v) is 18.1. The van der Waals surface area contributed by atoms with E-state index >= 15 is 0 Å². The Morgan fingerprint density at radius 3 is 2.47 bits per heavy atom. The van der Waals surface area contributed by atoms with Gasteiger partial charge in [0.1, 0.15) is 11.5 Å². The van der Waals surface area contributed by atoms with Crippen LogP contribution < -0.4 is 24.4 Å². The minimum Gasteiger partial charge on any atom is -0.497 e. The Morgan fingerprint density at radius 1 is 1.06 bits per heavy atom. The second kappa shape index (κ2) is 10.1. The molecule has 0 unspecified atom stereocenters. The molecule has 10 heteroatoms. The molecule has 0 atom stereocenters. The highest BCUT2D eigenvalue weighted by Gasteiger charge is 2.19. The van der Waals surface area contributed by atoms with Crippen molar-refractivity contribution >= 4 is 11.8 Å². The summed E-state index contributed by atoms with van der Waals surface area (Å²) in [7, 11) is 3.30. The van der Waals surface area contributed by atoms with E-state index in [1.54, 1.807) is 26.4 Å². The molecule has 1 saturated heterocycles. The van der Waals surface area contributed by atoms with Gasteiger partial charge in [0, 0.05) is 63.2 Å². The number of hydrogen-bond acceptors (Lipinski definition) is 9. The van der Waals surface area contributed by atoms with E-state index in [4.69, 9.17) is 23.2 Å². The third-order valence-corrected chi connectivity index (χ3v) is 5.22. The average molecular weight is 442 g/mol. The number of nitrogens with zero attached hydrogens (tertiary/aromatic N) is 3. The summed E-state index contributed by atoms with van der Waals surface area (Å²) in [6.07, 6.45) is 0.949. The van der Waals surface area contributed by atoms with Crippen LogP contribution >= 0.6 is 0 Å². The molecule has 32 heavy (non-hydrogen) atoms. The smallest absolute Gasteiger partial charge is 0.414 e. The van der Waals surface area contributed by atoms with Crippen molar-refractivity contribution in [3.05, 3.63) is 42.7 Å². The molecule has 0 bridgehead atoms. The molecule has 1 aliphatic heterocycles. The van der Waals surface area contributed by atoms with Crippen LogP contribution in [0.15, 0.2) is 51.6 Å². The lowest BCUT2D eigenvalue weighted by atomic mass is 10.2. The van der Waals surface area contributed by atoms with Gasteiger partial charge in [-0.2, -0.15) is 0 Å². The largest absolute Gasteiger partial charge is 0.497 e. The van der Waals surface area contributed by atoms with Gasteiger partial charge in [0.2, 0.25) is 5.76 Å². The van der Waals surface area contributed by atoms with Gasteiger partial charge in [-0.25, -0.2) is 4.79 Å². The number of piperazine rings is 1. The van der Waals surface area contributed by atoms with E-state index in [1.807, 2.05) is 18.2 Å². The van der Waals surface area contributed by atoms with Crippen molar-refractivity contribution in [3.8, 4) is 28.9 Å². The fourth-order valence-electron chi connectivity index (χ4n) is 3.49. The number of methoxy groups -OCH3 is 2. The quantitative estimate of drug-likeness (QED) is 0.564. The Morgan fingerprint density at radius 2 is 1.81 bits per heavy atom. The fraction of sp³-hybridized carbons (Fsp3) is 0.364. The van der Waals surface area contributed by atoms with Crippen LogP contribution in [0.3, 0.4) is 0 Å². The molecule has 10 nitrogen and oxygen atoms in total. The summed E-state index contributed by atoms with van der Waals surface area (Å²) in [5, 5.41) is 6.46. The number of amides is 1. The lowest BCUT2D eigenvalue weighted by Gasteiger charge is -2.36. The number of rotatable bonds is 8. The number of anilines is 1. The Hall–Kier alpha value is -3.66. The first-order valence-corrected chi connectivity index (χ1v) is 10.3. The monoisotopic (exact) mass is 442 g/mol. The lowest BCUT2D eigenvalue weighted by Crippen LogP contribution is -2.48. The maximum Gasteiger partial charge on any atom is 0.414 e. The fourth-order valence-corrected chi connectivity index (χ4v) is 3.49. The molecular formula is C22H26N4O6. The summed E-state index contributed by atoms with van der Waals surface area (Å²) >= 11 is 0. The highest BCUT2D eigenvalue weighted by atomic mass is 16.6. The summed E-state index contributed by atoms with van der Waals surface area (Å²) < 4.78 is 26.2.